The lowest BCUT2D eigenvalue weighted by Gasteiger charge is -2.10. The highest BCUT2D eigenvalue weighted by Gasteiger charge is 2.14. The number of nitrogens with one attached hydrogen (secondary N) is 1. The zero-order valence-electron chi connectivity index (χ0n) is 18.8. The molecule has 3 aromatic heterocycles. The standard InChI is InChI=1S/C27H22FN5OS/c28-23-7-2-1-5-21(23)18-35-27-32-24-12-14-29-16-25(24)33(27)17-19-8-10-20(11-9-19)26(34)31-15-22-6-3-4-13-30-22/h1-14,16H,15,17-18H2,(H,31,34). The Morgan fingerprint density at radius 2 is 1.80 bits per heavy atom. The van der Waals surface area contributed by atoms with Crippen LogP contribution in [-0.4, -0.2) is 25.4 Å². The molecule has 0 unspecified atom stereocenters. The molecule has 3 heterocycles. The summed E-state index contributed by atoms with van der Waals surface area (Å²) in [5.74, 6) is 0.0978. The van der Waals surface area contributed by atoms with Crippen LogP contribution in [0, 0.1) is 5.82 Å². The first-order chi connectivity index (χ1) is 17.2. The van der Waals surface area contributed by atoms with Crippen LogP contribution in [0.1, 0.15) is 27.2 Å². The lowest BCUT2D eigenvalue weighted by molar-refractivity contribution is 0.0950. The molecule has 0 fully saturated rings. The van der Waals surface area contributed by atoms with E-state index in [-0.39, 0.29) is 11.7 Å². The number of fused-ring (bicyclic) bond motifs is 1. The number of carbonyl (C=O) groups is 1. The zero-order chi connectivity index (χ0) is 24.0. The number of aromatic nitrogens is 4. The van der Waals surface area contributed by atoms with Gasteiger partial charge in [-0.25, -0.2) is 9.37 Å². The molecule has 0 saturated carbocycles. The molecule has 5 aromatic rings. The minimum absolute atomic E-state index is 0.152. The molecule has 35 heavy (non-hydrogen) atoms. The van der Waals surface area contributed by atoms with Crippen molar-refractivity contribution in [3.8, 4) is 0 Å². The molecule has 0 atom stereocenters. The van der Waals surface area contributed by atoms with Crippen molar-refractivity contribution in [2.24, 2.45) is 0 Å². The summed E-state index contributed by atoms with van der Waals surface area (Å²) in [6.07, 6.45) is 5.20. The van der Waals surface area contributed by atoms with Crippen molar-refractivity contribution in [3.05, 3.63) is 120 Å². The van der Waals surface area contributed by atoms with Crippen molar-refractivity contribution in [3.63, 3.8) is 0 Å². The van der Waals surface area contributed by atoms with Crippen molar-refractivity contribution in [2.45, 2.75) is 24.0 Å². The molecule has 8 heteroatoms. The van der Waals surface area contributed by atoms with Crippen molar-refractivity contribution in [1.82, 2.24) is 24.8 Å². The van der Waals surface area contributed by atoms with Crippen LogP contribution in [0.2, 0.25) is 0 Å². The Hall–Kier alpha value is -4.04. The van der Waals surface area contributed by atoms with Gasteiger partial charge in [0.15, 0.2) is 5.16 Å². The molecular weight excluding hydrogens is 461 g/mol. The number of halogens is 1. The van der Waals surface area contributed by atoms with Crippen LogP contribution in [0.15, 0.2) is 96.5 Å². The van der Waals surface area contributed by atoms with E-state index in [9.17, 15) is 9.18 Å². The topological polar surface area (TPSA) is 72.7 Å². The molecule has 6 nitrogen and oxygen atoms in total. The summed E-state index contributed by atoms with van der Waals surface area (Å²) in [7, 11) is 0. The fourth-order valence-corrected chi connectivity index (χ4v) is 4.69. The van der Waals surface area contributed by atoms with Gasteiger partial charge >= 0.3 is 0 Å². The van der Waals surface area contributed by atoms with Crippen LogP contribution in [0.5, 0.6) is 0 Å². The number of rotatable bonds is 8. The summed E-state index contributed by atoms with van der Waals surface area (Å²) < 4.78 is 16.2. The van der Waals surface area contributed by atoms with E-state index >= 15 is 0 Å². The van der Waals surface area contributed by atoms with Crippen LogP contribution in [0.3, 0.4) is 0 Å². The predicted octanol–water partition coefficient (Wildman–Crippen LogP) is 5.24. The van der Waals surface area contributed by atoms with Crippen LogP contribution in [0.25, 0.3) is 11.0 Å². The van der Waals surface area contributed by atoms with Crippen molar-refractivity contribution in [1.29, 1.82) is 0 Å². The normalized spacial score (nSPS) is 11.0. The Kier molecular flexibility index (Phi) is 6.81. The van der Waals surface area contributed by atoms with Gasteiger partial charge in [-0.1, -0.05) is 48.2 Å². The van der Waals surface area contributed by atoms with Crippen LogP contribution < -0.4 is 5.32 Å². The summed E-state index contributed by atoms with van der Waals surface area (Å²) in [6, 6.07) is 21.7. The second kappa shape index (κ2) is 10.5. The molecule has 2 aromatic carbocycles. The molecule has 0 spiro atoms. The first kappa shape index (κ1) is 22.7. The number of hydrogen-bond donors (Lipinski definition) is 1. The molecule has 1 N–H and O–H groups in total. The minimum Gasteiger partial charge on any atom is -0.346 e. The smallest absolute Gasteiger partial charge is 0.251 e. The Balaban J connectivity index is 1.32. The highest BCUT2D eigenvalue weighted by atomic mass is 32.2. The van der Waals surface area contributed by atoms with E-state index in [4.69, 9.17) is 4.98 Å². The summed E-state index contributed by atoms with van der Waals surface area (Å²) in [5, 5.41) is 3.68. The summed E-state index contributed by atoms with van der Waals surface area (Å²) in [5.41, 5.74) is 4.77. The third-order valence-corrected chi connectivity index (χ3v) is 6.57. The maximum atomic E-state index is 14.1. The molecular formula is C27H22FN5OS. The van der Waals surface area contributed by atoms with E-state index in [0.717, 1.165) is 27.4 Å². The Bertz CT molecular complexity index is 1450. The average molecular weight is 484 g/mol. The molecule has 0 saturated heterocycles. The number of carbonyl (C=O) groups excluding carboxylic acids is 1. The quantitative estimate of drug-likeness (QED) is 0.306. The SMILES string of the molecule is O=C(NCc1ccccn1)c1ccc(Cn2c(SCc3ccccc3F)nc3ccncc32)cc1. The van der Waals surface area contributed by atoms with Crippen molar-refractivity contribution in [2.75, 3.05) is 0 Å². The lowest BCUT2D eigenvalue weighted by Crippen LogP contribution is -2.23. The Morgan fingerprint density at radius 3 is 2.60 bits per heavy atom. The maximum absolute atomic E-state index is 14.1. The molecule has 0 bridgehead atoms. The van der Waals surface area contributed by atoms with E-state index in [2.05, 4.69) is 19.9 Å². The molecule has 5 rings (SSSR count). The van der Waals surface area contributed by atoms with Gasteiger partial charge in [-0.05, 0) is 47.5 Å². The average Bonchev–Trinajstić information content (AvgIpc) is 3.25. The second-order valence-electron chi connectivity index (χ2n) is 7.93. The van der Waals surface area contributed by atoms with Gasteiger partial charge in [0.25, 0.3) is 5.91 Å². The summed E-state index contributed by atoms with van der Waals surface area (Å²) in [6.45, 7) is 0.926. The predicted molar refractivity (Wildman–Crippen MR) is 134 cm³/mol. The van der Waals surface area contributed by atoms with Gasteiger partial charge in [0.1, 0.15) is 5.82 Å². The van der Waals surface area contributed by atoms with E-state index in [0.29, 0.717) is 30.0 Å². The summed E-state index contributed by atoms with van der Waals surface area (Å²) in [4.78, 5) is 25.7. The van der Waals surface area contributed by atoms with Gasteiger partial charge in [-0.15, -0.1) is 0 Å². The first-order valence-corrected chi connectivity index (χ1v) is 12.1. The number of thioether (sulfide) groups is 1. The monoisotopic (exact) mass is 483 g/mol. The van der Waals surface area contributed by atoms with Crippen molar-refractivity contribution >= 4 is 28.7 Å². The molecule has 0 aliphatic carbocycles. The zero-order valence-corrected chi connectivity index (χ0v) is 19.6. The van der Waals surface area contributed by atoms with Gasteiger partial charge in [-0.2, -0.15) is 0 Å². The lowest BCUT2D eigenvalue weighted by atomic mass is 10.1. The largest absolute Gasteiger partial charge is 0.346 e. The third kappa shape index (κ3) is 5.38. The molecule has 0 aliphatic rings. The van der Waals surface area contributed by atoms with E-state index in [1.165, 1.54) is 17.8 Å². The highest BCUT2D eigenvalue weighted by Crippen LogP contribution is 2.28. The number of pyridine rings is 2. The van der Waals surface area contributed by atoms with Gasteiger partial charge in [0, 0.05) is 23.7 Å². The Labute approximate surface area is 206 Å². The van der Waals surface area contributed by atoms with E-state index < -0.39 is 0 Å². The van der Waals surface area contributed by atoms with Crippen LogP contribution >= 0.6 is 11.8 Å². The number of amides is 1. The molecule has 174 valence electrons. The Morgan fingerprint density at radius 1 is 0.971 bits per heavy atom. The van der Waals surface area contributed by atoms with Gasteiger partial charge < -0.3 is 9.88 Å². The van der Waals surface area contributed by atoms with Crippen LogP contribution in [0.4, 0.5) is 4.39 Å². The van der Waals surface area contributed by atoms with Crippen LogP contribution in [-0.2, 0) is 18.8 Å². The summed E-state index contributed by atoms with van der Waals surface area (Å²) >= 11 is 1.49. The highest BCUT2D eigenvalue weighted by molar-refractivity contribution is 7.98. The third-order valence-electron chi connectivity index (χ3n) is 5.54. The fraction of sp³-hybridized carbons (Fsp3) is 0.111. The van der Waals surface area contributed by atoms with E-state index in [1.807, 2.05) is 54.6 Å². The van der Waals surface area contributed by atoms with Crippen molar-refractivity contribution < 1.29 is 9.18 Å². The number of benzene rings is 2. The van der Waals surface area contributed by atoms with Gasteiger partial charge in [0.05, 0.1) is 36.0 Å². The van der Waals surface area contributed by atoms with Gasteiger partial charge in [0.2, 0.25) is 0 Å². The molecule has 0 aliphatic heterocycles. The second-order valence-corrected chi connectivity index (χ2v) is 8.87. The number of imidazole rings is 1. The number of nitrogens with zero attached hydrogens (tertiary/aromatic N) is 4. The van der Waals surface area contributed by atoms with E-state index in [1.54, 1.807) is 30.7 Å². The number of hydrogen-bond acceptors (Lipinski definition) is 5. The first-order valence-electron chi connectivity index (χ1n) is 11.1. The molecule has 1 amide bonds. The van der Waals surface area contributed by atoms with Gasteiger partial charge in [-0.3, -0.25) is 14.8 Å². The minimum atomic E-state index is -0.221. The molecule has 0 radical (unpaired) electrons. The maximum Gasteiger partial charge on any atom is 0.251 e. The fourth-order valence-electron chi connectivity index (χ4n) is 3.69.